The highest BCUT2D eigenvalue weighted by Gasteiger charge is 2.29. The van der Waals surface area contributed by atoms with Gasteiger partial charge in [0.2, 0.25) is 0 Å². The second kappa shape index (κ2) is 6.38. The summed E-state index contributed by atoms with van der Waals surface area (Å²) in [5.41, 5.74) is 2.09. The summed E-state index contributed by atoms with van der Waals surface area (Å²) in [6.45, 7) is 1.66. The van der Waals surface area contributed by atoms with E-state index in [-0.39, 0.29) is 10.5 Å². The van der Waals surface area contributed by atoms with Gasteiger partial charge >= 0.3 is 5.97 Å². The Balaban J connectivity index is 1.70. The first-order chi connectivity index (χ1) is 12.9. The molecule has 1 saturated carbocycles. The number of nitrogens with zero attached hydrogens (tertiary/aromatic N) is 1. The van der Waals surface area contributed by atoms with E-state index < -0.39 is 16.0 Å². The molecule has 0 saturated heterocycles. The molecule has 1 fully saturated rings. The average molecular weight is 386 g/mol. The zero-order chi connectivity index (χ0) is 19.2. The number of esters is 1. The number of rotatable bonds is 5. The van der Waals surface area contributed by atoms with Gasteiger partial charge in [-0.3, -0.25) is 4.72 Å². The van der Waals surface area contributed by atoms with Crippen molar-refractivity contribution in [3.63, 3.8) is 0 Å². The summed E-state index contributed by atoms with van der Waals surface area (Å²) in [4.78, 5) is 16.4. The highest BCUT2D eigenvalue weighted by Crippen LogP contribution is 2.40. The van der Waals surface area contributed by atoms with Gasteiger partial charge in [0.05, 0.1) is 18.4 Å². The molecule has 4 rings (SSSR count). The molecule has 0 unspecified atom stereocenters. The molecule has 0 bridgehead atoms. The lowest BCUT2D eigenvalue weighted by Crippen LogP contribution is -2.18. The Kier molecular flexibility index (Phi) is 4.15. The van der Waals surface area contributed by atoms with Gasteiger partial charge in [0.1, 0.15) is 10.4 Å². The molecule has 1 aromatic heterocycles. The predicted octanol–water partition coefficient (Wildman–Crippen LogP) is 3.60. The Bertz CT molecular complexity index is 1150. The van der Waals surface area contributed by atoms with Gasteiger partial charge in [0.25, 0.3) is 10.0 Å². The maximum absolute atomic E-state index is 12.9. The zero-order valence-electron chi connectivity index (χ0n) is 14.9. The molecule has 140 valence electrons. The fraction of sp³-hybridized carbons (Fsp3) is 0.263. The van der Waals surface area contributed by atoms with Crippen LogP contribution >= 0.6 is 0 Å². The molecule has 3 aromatic rings. The summed E-state index contributed by atoms with van der Waals surface area (Å²) in [6, 6.07) is 9.53. The normalized spacial score (nSPS) is 14.3. The summed E-state index contributed by atoms with van der Waals surface area (Å²) >= 11 is 0. The maximum Gasteiger partial charge on any atom is 0.339 e. The van der Waals surface area contributed by atoms with E-state index in [1.807, 2.05) is 0 Å². The fourth-order valence-corrected chi connectivity index (χ4v) is 4.27. The van der Waals surface area contributed by atoms with E-state index >= 15 is 0 Å². The molecule has 1 heterocycles. The predicted molar refractivity (Wildman–Crippen MR) is 99.3 cm³/mol. The Morgan fingerprint density at radius 1 is 1.26 bits per heavy atom. The summed E-state index contributed by atoms with van der Waals surface area (Å²) < 4.78 is 38.7. The van der Waals surface area contributed by atoms with Gasteiger partial charge in [-0.15, -0.1) is 0 Å². The number of aryl methyl sites for hydroxylation is 1. The van der Waals surface area contributed by atoms with Crippen LogP contribution in [0.15, 0.2) is 45.7 Å². The number of fused-ring (bicyclic) bond motifs is 1. The number of oxazole rings is 1. The van der Waals surface area contributed by atoms with Crippen LogP contribution in [0, 0.1) is 6.92 Å². The lowest BCUT2D eigenvalue weighted by atomic mass is 10.1. The highest BCUT2D eigenvalue weighted by molar-refractivity contribution is 7.92. The van der Waals surface area contributed by atoms with E-state index in [9.17, 15) is 13.2 Å². The second-order valence-corrected chi connectivity index (χ2v) is 8.20. The Labute approximate surface area is 156 Å². The van der Waals surface area contributed by atoms with Crippen molar-refractivity contribution >= 4 is 32.8 Å². The molecule has 0 atom stereocenters. The van der Waals surface area contributed by atoms with Gasteiger partial charge in [0.15, 0.2) is 11.5 Å². The van der Waals surface area contributed by atoms with Crippen LogP contribution in [0.25, 0.3) is 11.1 Å². The smallest absolute Gasteiger partial charge is 0.339 e. The van der Waals surface area contributed by atoms with Crippen LogP contribution in [0.1, 0.15) is 40.6 Å². The van der Waals surface area contributed by atoms with Gasteiger partial charge in [0, 0.05) is 5.92 Å². The van der Waals surface area contributed by atoms with Crippen LogP contribution in [-0.2, 0) is 14.8 Å². The van der Waals surface area contributed by atoms with E-state index in [4.69, 9.17) is 9.15 Å². The number of hydrogen-bond donors (Lipinski definition) is 1. The van der Waals surface area contributed by atoms with E-state index in [1.165, 1.54) is 13.2 Å². The third kappa shape index (κ3) is 3.28. The lowest BCUT2D eigenvalue weighted by molar-refractivity contribution is 0.0595. The molecule has 0 spiro atoms. The minimum absolute atomic E-state index is 0.0195. The molecule has 7 nitrogen and oxygen atoms in total. The van der Waals surface area contributed by atoms with Crippen molar-refractivity contribution < 1.29 is 22.4 Å². The van der Waals surface area contributed by atoms with Crippen molar-refractivity contribution in [1.29, 1.82) is 0 Å². The Morgan fingerprint density at radius 3 is 2.74 bits per heavy atom. The number of ether oxygens (including phenoxy) is 1. The van der Waals surface area contributed by atoms with Crippen LogP contribution < -0.4 is 4.72 Å². The van der Waals surface area contributed by atoms with E-state index in [2.05, 4.69) is 9.71 Å². The SMILES string of the molecule is COC(=O)c1c(C)cccc1S(=O)(=O)Nc1ccc2oc(C3CC3)nc2c1. The number of sulfonamides is 1. The van der Waals surface area contributed by atoms with Gasteiger partial charge in [-0.05, 0) is 49.6 Å². The first kappa shape index (κ1) is 17.5. The quantitative estimate of drug-likeness (QED) is 0.673. The molecular formula is C19H18N2O5S. The van der Waals surface area contributed by atoms with Crippen LogP contribution in [0.3, 0.4) is 0 Å². The van der Waals surface area contributed by atoms with Crippen LogP contribution in [-0.4, -0.2) is 26.5 Å². The number of aromatic nitrogens is 1. The number of nitrogens with one attached hydrogen (secondary N) is 1. The fourth-order valence-electron chi connectivity index (χ4n) is 2.95. The van der Waals surface area contributed by atoms with Gasteiger partial charge in [-0.1, -0.05) is 12.1 Å². The minimum atomic E-state index is -4.00. The summed E-state index contributed by atoms with van der Waals surface area (Å²) in [7, 11) is -2.78. The monoisotopic (exact) mass is 386 g/mol. The molecule has 1 aliphatic rings. The highest BCUT2D eigenvalue weighted by atomic mass is 32.2. The van der Waals surface area contributed by atoms with Crippen molar-refractivity contribution in [2.45, 2.75) is 30.6 Å². The second-order valence-electron chi connectivity index (χ2n) is 6.55. The van der Waals surface area contributed by atoms with E-state index in [1.54, 1.807) is 37.3 Å². The van der Waals surface area contributed by atoms with Crippen LogP contribution in [0.2, 0.25) is 0 Å². The Hall–Kier alpha value is -2.87. The number of carbonyl (C=O) groups excluding carboxylic acids is 1. The van der Waals surface area contributed by atoms with Gasteiger partial charge in [-0.25, -0.2) is 18.2 Å². The van der Waals surface area contributed by atoms with E-state index in [0.29, 0.717) is 34.2 Å². The van der Waals surface area contributed by atoms with Crippen LogP contribution in [0.5, 0.6) is 0 Å². The van der Waals surface area contributed by atoms with Gasteiger partial charge in [-0.2, -0.15) is 0 Å². The number of methoxy groups -OCH3 is 1. The molecule has 2 aromatic carbocycles. The summed E-state index contributed by atoms with van der Waals surface area (Å²) in [6.07, 6.45) is 2.13. The number of carbonyl (C=O) groups is 1. The standard InChI is InChI=1S/C19H18N2O5S/c1-11-4-3-5-16(17(11)19(22)25-2)27(23,24)21-13-8-9-15-14(10-13)20-18(26-15)12-6-7-12/h3-5,8-10,12,21H,6-7H2,1-2H3. The van der Waals surface area contributed by atoms with Crippen molar-refractivity contribution in [2.75, 3.05) is 11.8 Å². The van der Waals surface area contributed by atoms with Crippen LogP contribution in [0.4, 0.5) is 5.69 Å². The minimum Gasteiger partial charge on any atom is -0.465 e. The third-order valence-corrected chi connectivity index (χ3v) is 5.92. The van der Waals surface area contributed by atoms with Crippen molar-refractivity contribution in [2.24, 2.45) is 0 Å². The largest absolute Gasteiger partial charge is 0.465 e. The molecule has 0 aliphatic heterocycles. The first-order valence-corrected chi connectivity index (χ1v) is 9.98. The lowest BCUT2D eigenvalue weighted by Gasteiger charge is -2.13. The molecule has 1 aliphatic carbocycles. The molecular weight excluding hydrogens is 368 g/mol. The van der Waals surface area contributed by atoms with E-state index in [0.717, 1.165) is 12.8 Å². The number of benzene rings is 2. The molecule has 0 radical (unpaired) electrons. The first-order valence-electron chi connectivity index (χ1n) is 8.50. The van der Waals surface area contributed by atoms with Crippen molar-refractivity contribution in [1.82, 2.24) is 4.98 Å². The number of anilines is 1. The molecule has 8 heteroatoms. The third-order valence-electron chi connectivity index (χ3n) is 4.50. The molecule has 27 heavy (non-hydrogen) atoms. The topological polar surface area (TPSA) is 98.5 Å². The van der Waals surface area contributed by atoms with Crippen molar-refractivity contribution in [3.8, 4) is 0 Å². The summed E-state index contributed by atoms with van der Waals surface area (Å²) in [5.74, 6) is 0.360. The maximum atomic E-state index is 12.9. The molecule has 1 N–H and O–H groups in total. The summed E-state index contributed by atoms with van der Waals surface area (Å²) in [5, 5.41) is 0. The van der Waals surface area contributed by atoms with Crippen molar-refractivity contribution in [3.05, 3.63) is 53.4 Å². The average Bonchev–Trinajstić information content (AvgIpc) is 3.40. The van der Waals surface area contributed by atoms with Gasteiger partial charge < -0.3 is 9.15 Å². The number of hydrogen-bond acceptors (Lipinski definition) is 6. The zero-order valence-corrected chi connectivity index (χ0v) is 15.7. The molecule has 0 amide bonds. The Morgan fingerprint density at radius 2 is 2.04 bits per heavy atom.